The van der Waals surface area contributed by atoms with E-state index in [1.165, 1.54) is 24.4 Å². The van der Waals surface area contributed by atoms with Gasteiger partial charge in [-0.15, -0.1) is 0 Å². The third-order valence-corrected chi connectivity index (χ3v) is 6.17. The van der Waals surface area contributed by atoms with Crippen molar-refractivity contribution in [1.82, 2.24) is 4.83 Å². The molecule has 0 saturated heterocycles. The molecule has 2 aromatic carbocycles. The summed E-state index contributed by atoms with van der Waals surface area (Å²) in [6.45, 7) is 12.0. The summed E-state index contributed by atoms with van der Waals surface area (Å²) >= 11 is 0. The van der Waals surface area contributed by atoms with Crippen molar-refractivity contribution in [3.8, 4) is 0 Å². The van der Waals surface area contributed by atoms with Gasteiger partial charge in [0, 0.05) is 17.7 Å². The summed E-state index contributed by atoms with van der Waals surface area (Å²) in [5, 5.41) is 14.8. The average Bonchev–Trinajstić information content (AvgIpc) is 2.66. The second kappa shape index (κ2) is 9.38. The van der Waals surface area contributed by atoms with Gasteiger partial charge in [-0.05, 0) is 34.4 Å². The fraction of sp³-hybridized carbons (Fsp3) is 0.409. The van der Waals surface area contributed by atoms with Crippen LogP contribution in [0, 0.1) is 10.1 Å². The molecule has 0 aliphatic rings. The molecule has 0 radical (unpaired) electrons. The standard InChI is InChI=1S/C22H29N3O4S/c1-14(2)18-11-20(15(3)4)22(21(12-18)16(5)6)30(28,29)24-23-13-17-8-7-9-19(10-17)25(26)27/h7-16,24H,1-6H3/b23-13+. The topological polar surface area (TPSA) is 102 Å². The minimum atomic E-state index is -3.93. The maximum absolute atomic E-state index is 13.2. The molecule has 0 aliphatic carbocycles. The van der Waals surface area contributed by atoms with Gasteiger partial charge in [0.15, 0.2) is 0 Å². The predicted molar refractivity (Wildman–Crippen MR) is 120 cm³/mol. The number of nitrogens with one attached hydrogen (secondary N) is 1. The summed E-state index contributed by atoms with van der Waals surface area (Å²) in [6, 6.07) is 9.74. The number of sulfonamides is 1. The van der Waals surface area contributed by atoms with Gasteiger partial charge in [-0.1, -0.05) is 65.8 Å². The Balaban J connectivity index is 2.48. The molecule has 0 unspecified atom stereocenters. The smallest absolute Gasteiger partial charge is 0.258 e. The normalized spacial score (nSPS) is 12.3. The highest BCUT2D eigenvalue weighted by atomic mass is 32.2. The number of benzene rings is 2. The predicted octanol–water partition coefficient (Wildman–Crippen LogP) is 5.28. The van der Waals surface area contributed by atoms with Gasteiger partial charge >= 0.3 is 0 Å². The number of non-ortho nitro benzene ring substituents is 1. The molecule has 1 N–H and O–H groups in total. The van der Waals surface area contributed by atoms with Gasteiger partial charge in [-0.25, -0.2) is 4.83 Å². The first-order chi connectivity index (χ1) is 13.9. The van der Waals surface area contributed by atoms with Crippen LogP contribution in [0.4, 0.5) is 5.69 Å². The summed E-state index contributed by atoms with van der Waals surface area (Å²) in [4.78, 5) is 12.9. The van der Waals surface area contributed by atoms with E-state index in [1.54, 1.807) is 6.07 Å². The molecule has 0 heterocycles. The number of hydrogen-bond donors (Lipinski definition) is 1. The first-order valence-electron chi connectivity index (χ1n) is 9.91. The minimum Gasteiger partial charge on any atom is -0.258 e. The van der Waals surface area contributed by atoms with Gasteiger partial charge < -0.3 is 0 Å². The highest BCUT2D eigenvalue weighted by Crippen LogP contribution is 2.35. The molecule has 30 heavy (non-hydrogen) atoms. The van der Waals surface area contributed by atoms with E-state index in [-0.39, 0.29) is 28.3 Å². The monoisotopic (exact) mass is 431 g/mol. The van der Waals surface area contributed by atoms with Crippen LogP contribution < -0.4 is 4.83 Å². The van der Waals surface area contributed by atoms with Gasteiger partial charge in [-0.2, -0.15) is 13.5 Å². The van der Waals surface area contributed by atoms with E-state index in [1.807, 2.05) is 39.8 Å². The number of hydrazone groups is 1. The molecule has 0 aliphatic heterocycles. The Bertz CT molecular complexity index is 1030. The zero-order chi connectivity index (χ0) is 22.6. The third-order valence-electron chi connectivity index (χ3n) is 4.82. The van der Waals surface area contributed by atoms with Gasteiger partial charge in [0.2, 0.25) is 0 Å². The van der Waals surface area contributed by atoms with Crippen LogP contribution in [-0.2, 0) is 10.0 Å². The van der Waals surface area contributed by atoms with Gasteiger partial charge in [0.25, 0.3) is 15.7 Å². The molecule has 8 heteroatoms. The van der Waals surface area contributed by atoms with Crippen molar-refractivity contribution in [1.29, 1.82) is 0 Å². The average molecular weight is 432 g/mol. The number of hydrogen-bond acceptors (Lipinski definition) is 5. The lowest BCUT2D eigenvalue weighted by Gasteiger charge is -2.22. The Morgan fingerprint density at radius 2 is 1.53 bits per heavy atom. The molecule has 0 atom stereocenters. The largest absolute Gasteiger partial charge is 0.277 e. The van der Waals surface area contributed by atoms with E-state index in [4.69, 9.17) is 0 Å². The molecule has 0 spiro atoms. The summed E-state index contributed by atoms with van der Waals surface area (Å²) in [7, 11) is -3.93. The van der Waals surface area contributed by atoms with E-state index in [0.717, 1.165) is 16.7 Å². The van der Waals surface area contributed by atoms with Crippen molar-refractivity contribution in [2.45, 2.75) is 64.2 Å². The van der Waals surface area contributed by atoms with Gasteiger partial charge in [0.1, 0.15) is 0 Å². The Morgan fingerprint density at radius 3 is 2.00 bits per heavy atom. The molecule has 0 saturated carbocycles. The quantitative estimate of drug-likeness (QED) is 0.349. The number of rotatable bonds is 8. The van der Waals surface area contributed by atoms with Gasteiger partial charge in [-0.3, -0.25) is 10.1 Å². The lowest BCUT2D eigenvalue weighted by molar-refractivity contribution is -0.384. The van der Waals surface area contributed by atoms with Crippen molar-refractivity contribution in [3.63, 3.8) is 0 Å². The second-order valence-corrected chi connectivity index (χ2v) is 9.80. The highest BCUT2D eigenvalue weighted by molar-refractivity contribution is 7.89. The van der Waals surface area contributed by atoms with Crippen molar-refractivity contribution in [2.75, 3.05) is 0 Å². The van der Waals surface area contributed by atoms with Crippen LogP contribution in [0.3, 0.4) is 0 Å². The molecular weight excluding hydrogens is 402 g/mol. The van der Waals surface area contributed by atoms with Crippen LogP contribution in [0.1, 0.15) is 81.5 Å². The molecule has 7 nitrogen and oxygen atoms in total. The zero-order valence-corrected chi connectivity index (χ0v) is 19.0. The van der Waals surface area contributed by atoms with Gasteiger partial charge in [0.05, 0.1) is 16.0 Å². The van der Waals surface area contributed by atoms with Crippen molar-refractivity contribution < 1.29 is 13.3 Å². The van der Waals surface area contributed by atoms with Crippen molar-refractivity contribution in [2.24, 2.45) is 5.10 Å². The Hall–Kier alpha value is -2.74. The molecule has 2 rings (SSSR count). The van der Waals surface area contributed by atoms with Crippen molar-refractivity contribution in [3.05, 3.63) is 68.8 Å². The molecular formula is C22H29N3O4S. The lowest BCUT2D eigenvalue weighted by atomic mass is 9.89. The van der Waals surface area contributed by atoms with E-state index >= 15 is 0 Å². The molecule has 162 valence electrons. The fourth-order valence-corrected chi connectivity index (χ4v) is 4.63. The first kappa shape index (κ1) is 23.5. The summed E-state index contributed by atoms with van der Waals surface area (Å²) in [6.07, 6.45) is 1.26. The van der Waals surface area contributed by atoms with Crippen LogP contribution >= 0.6 is 0 Å². The minimum absolute atomic E-state index is 0.00790. The molecule has 0 fully saturated rings. The summed E-state index contributed by atoms with van der Waals surface area (Å²) in [5.74, 6) is 0.290. The second-order valence-electron chi connectivity index (χ2n) is 8.20. The molecule has 2 aromatic rings. The van der Waals surface area contributed by atoms with E-state index in [9.17, 15) is 18.5 Å². The summed E-state index contributed by atoms with van der Waals surface area (Å²) < 4.78 is 26.4. The van der Waals surface area contributed by atoms with E-state index in [2.05, 4.69) is 23.8 Å². The fourth-order valence-electron chi connectivity index (χ4n) is 3.13. The van der Waals surface area contributed by atoms with Crippen LogP contribution in [0.2, 0.25) is 0 Å². The van der Waals surface area contributed by atoms with Crippen LogP contribution in [0.5, 0.6) is 0 Å². The van der Waals surface area contributed by atoms with E-state index in [0.29, 0.717) is 5.56 Å². The van der Waals surface area contributed by atoms with Crippen LogP contribution in [-0.4, -0.2) is 19.6 Å². The molecule has 0 amide bonds. The zero-order valence-electron chi connectivity index (χ0n) is 18.2. The SMILES string of the molecule is CC(C)c1cc(C(C)C)c(S(=O)(=O)N/N=C/c2cccc([N+](=O)[O-])c2)c(C(C)C)c1. The van der Waals surface area contributed by atoms with Crippen molar-refractivity contribution >= 4 is 21.9 Å². The summed E-state index contributed by atoms with van der Waals surface area (Å²) in [5.41, 5.74) is 2.94. The third kappa shape index (κ3) is 5.44. The number of nitro benzene ring substituents is 1. The highest BCUT2D eigenvalue weighted by Gasteiger charge is 2.26. The van der Waals surface area contributed by atoms with Crippen LogP contribution in [0.15, 0.2) is 46.4 Å². The maximum Gasteiger partial charge on any atom is 0.277 e. The van der Waals surface area contributed by atoms with E-state index < -0.39 is 14.9 Å². The Kier molecular flexibility index (Phi) is 7.36. The van der Waals surface area contributed by atoms with Crippen LogP contribution in [0.25, 0.3) is 0 Å². The number of nitro groups is 1. The molecule has 0 aromatic heterocycles. The Morgan fingerprint density at radius 1 is 0.967 bits per heavy atom. The first-order valence-corrected chi connectivity index (χ1v) is 11.4. The maximum atomic E-state index is 13.2. The molecule has 0 bridgehead atoms. The number of nitrogens with zero attached hydrogens (tertiary/aromatic N) is 2. The Labute approximate surface area is 178 Å². The lowest BCUT2D eigenvalue weighted by Crippen LogP contribution is -2.23.